The molecule has 0 N–H and O–H groups in total. The molecule has 1 heteroatoms. The van der Waals surface area contributed by atoms with Crippen molar-refractivity contribution in [2.24, 2.45) is 0 Å². The molecule has 2 aromatic rings. The molecule has 0 aliphatic carbocycles. The van der Waals surface area contributed by atoms with Crippen LogP contribution in [0.25, 0.3) is 11.1 Å². The molecule has 0 aliphatic heterocycles. The second-order valence-corrected chi connectivity index (χ2v) is 4.50. The Hall–Kier alpha value is -2.54. The van der Waals surface area contributed by atoms with E-state index in [1.54, 1.807) is 6.08 Å². The Bertz CT molecular complexity index is 606. The smallest absolute Gasteiger partial charge is 0.0408 e. The van der Waals surface area contributed by atoms with Crippen LogP contribution in [0.2, 0.25) is 0 Å². The van der Waals surface area contributed by atoms with Gasteiger partial charge < -0.3 is 4.90 Å². The fourth-order valence-corrected chi connectivity index (χ4v) is 2.09. The van der Waals surface area contributed by atoms with Crippen molar-refractivity contribution in [2.75, 3.05) is 11.9 Å². The van der Waals surface area contributed by atoms with Gasteiger partial charge in [0.25, 0.3) is 0 Å². The van der Waals surface area contributed by atoms with Crippen LogP contribution < -0.4 is 4.90 Å². The van der Waals surface area contributed by atoms with Crippen LogP contribution in [0.1, 0.15) is 0 Å². The van der Waals surface area contributed by atoms with Gasteiger partial charge in [-0.05, 0) is 35.4 Å². The van der Waals surface area contributed by atoms with Crippen LogP contribution in [0, 0.1) is 0 Å². The third-order valence-corrected chi connectivity index (χ3v) is 3.25. The van der Waals surface area contributed by atoms with Gasteiger partial charge in [-0.2, -0.15) is 0 Å². The lowest BCUT2D eigenvalue weighted by Crippen LogP contribution is -2.14. The van der Waals surface area contributed by atoms with E-state index in [1.807, 2.05) is 25.3 Å². The minimum absolute atomic E-state index is 1.02. The van der Waals surface area contributed by atoms with Crippen molar-refractivity contribution < 1.29 is 0 Å². The number of nitrogens with zero attached hydrogens (tertiary/aromatic N) is 1. The van der Waals surface area contributed by atoms with Crippen molar-refractivity contribution in [3.05, 3.63) is 91.7 Å². The highest BCUT2D eigenvalue weighted by Crippen LogP contribution is 2.24. The first kappa shape index (κ1) is 13.9. The van der Waals surface area contributed by atoms with Crippen LogP contribution in [-0.4, -0.2) is 7.05 Å². The summed E-state index contributed by atoms with van der Waals surface area (Å²) in [4.78, 5) is 2.09. The molecule has 0 amide bonds. The molecule has 0 saturated heterocycles. The second-order valence-electron chi connectivity index (χ2n) is 4.50. The molecule has 0 aliphatic rings. The zero-order valence-electron chi connectivity index (χ0n) is 11.8. The van der Waals surface area contributed by atoms with Crippen LogP contribution in [0.5, 0.6) is 0 Å². The number of hydrogen-bond acceptors (Lipinski definition) is 1. The predicted molar refractivity (Wildman–Crippen MR) is 88.8 cm³/mol. The Kier molecular flexibility index (Phi) is 4.56. The third-order valence-electron chi connectivity index (χ3n) is 3.25. The average Bonchev–Trinajstić information content (AvgIpc) is 2.53. The van der Waals surface area contributed by atoms with Crippen molar-refractivity contribution in [1.82, 2.24) is 0 Å². The van der Waals surface area contributed by atoms with Crippen molar-refractivity contribution >= 4 is 5.69 Å². The Morgan fingerprint density at radius 2 is 1.50 bits per heavy atom. The van der Waals surface area contributed by atoms with Crippen molar-refractivity contribution in [1.29, 1.82) is 0 Å². The number of rotatable bonds is 5. The molecule has 2 aromatic carbocycles. The van der Waals surface area contributed by atoms with Crippen LogP contribution in [-0.2, 0) is 0 Å². The summed E-state index contributed by atoms with van der Waals surface area (Å²) in [7, 11) is 2.02. The fraction of sp³-hybridized carbons (Fsp3) is 0.0526. The molecule has 0 radical (unpaired) electrons. The molecule has 0 spiro atoms. The molecule has 0 unspecified atom stereocenters. The lowest BCUT2D eigenvalue weighted by atomic mass is 10.1. The molecule has 1 nitrogen and oxygen atoms in total. The largest absolute Gasteiger partial charge is 0.345 e. The van der Waals surface area contributed by atoms with Crippen molar-refractivity contribution in [3.63, 3.8) is 0 Å². The SMILES string of the molecule is C=C/C=C(\C=C)N(C)c1ccc(-c2ccccc2)cc1. The van der Waals surface area contributed by atoms with E-state index in [9.17, 15) is 0 Å². The minimum atomic E-state index is 1.02. The van der Waals surface area contributed by atoms with Gasteiger partial charge >= 0.3 is 0 Å². The molecule has 0 aromatic heterocycles. The maximum absolute atomic E-state index is 3.83. The van der Waals surface area contributed by atoms with Gasteiger partial charge in [0.2, 0.25) is 0 Å². The number of hydrogen-bond donors (Lipinski definition) is 0. The van der Waals surface area contributed by atoms with E-state index in [1.165, 1.54) is 11.1 Å². The van der Waals surface area contributed by atoms with E-state index >= 15 is 0 Å². The van der Waals surface area contributed by atoms with Crippen LogP contribution >= 0.6 is 0 Å². The molecular weight excluding hydrogens is 242 g/mol. The molecule has 2 rings (SSSR count). The molecule has 20 heavy (non-hydrogen) atoms. The van der Waals surface area contributed by atoms with Gasteiger partial charge in [-0.15, -0.1) is 0 Å². The summed E-state index contributed by atoms with van der Waals surface area (Å²) in [5.41, 5.74) is 4.59. The van der Waals surface area contributed by atoms with Gasteiger partial charge in [-0.25, -0.2) is 0 Å². The van der Waals surface area contributed by atoms with Gasteiger partial charge in [0.1, 0.15) is 0 Å². The molecule has 0 bridgehead atoms. The van der Waals surface area contributed by atoms with Crippen LogP contribution in [0.3, 0.4) is 0 Å². The Morgan fingerprint density at radius 1 is 0.900 bits per heavy atom. The summed E-state index contributed by atoms with van der Waals surface area (Å²) in [6.07, 6.45) is 5.54. The van der Waals surface area contributed by atoms with E-state index in [-0.39, 0.29) is 0 Å². The van der Waals surface area contributed by atoms with Crippen LogP contribution in [0.4, 0.5) is 5.69 Å². The van der Waals surface area contributed by atoms with Crippen LogP contribution in [0.15, 0.2) is 91.7 Å². The molecule has 0 fully saturated rings. The highest BCUT2D eigenvalue weighted by molar-refractivity contribution is 5.67. The van der Waals surface area contributed by atoms with Gasteiger partial charge in [0.15, 0.2) is 0 Å². The summed E-state index contributed by atoms with van der Waals surface area (Å²) in [5, 5.41) is 0. The van der Waals surface area contributed by atoms with Gasteiger partial charge in [0.05, 0.1) is 0 Å². The van der Waals surface area contributed by atoms with E-state index in [0.29, 0.717) is 0 Å². The van der Waals surface area contributed by atoms with Gasteiger partial charge in [-0.3, -0.25) is 0 Å². The van der Waals surface area contributed by atoms with Crippen molar-refractivity contribution in [2.45, 2.75) is 0 Å². The highest BCUT2D eigenvalue weighted by atomic mass is 15.1. The van der Waals surface area contributed by atoms with E-state index in [0.717, 1.165) is 11.4 Å². The summed E-state index contributed by atoms with van der Waals surface area (Å²) in [5.74, 6) is 0. The van der Waals surface area contributed by atoms with Gasteiger partial charge in [-0.1, -0.05) is 61.7 Å². The first-order valence-electron chi connectivity index (χ1n) is 6.60. The van der Waals surface area contributed by atoms with Crippen molar-refractivity contribution in [3.8, 4) is 11.1 Å². The Labute approximate surface area is 121 Å². The Morgan fingerprint density at radius 3 is 2.05 bits per heavy atom. The number of likely N-dealkylation sites (N-methyl/N-ethyl adjacent to an activating group) is 1. The quantitative estimate of drug-likeness (QED) is 0.681. The zero-order valence-corrected chi connectivity index (χ0v) is 11.8. The number of benzene rings is 2. The van der Waals surface area contributed by atoms with E-state index < -0.39 is 0 Å². The summed E-state index contributed by atoms with van der Waals surface area (Å²) in [6.45, 7) is 7.56. The number of allylic oxidation sites excluding steroid dienone is 3. The lowest BCUT2D eigenvalue weighted by molar-refractivity contribution is 1.14. The lowest BCUT2D eigenvalue weighted by Gasteiger charge is -2.20. The second kappa shape index (κ2) is 6.58. The molecule has 0 atom stereocenters. The summed E-state index contributed by atoms with van der Waals surface area (Å²) in [6, 6.07) is 18.9. The molecule has 100 valence electrons. The topological polar surface area (TPSA) is 3.24 Å². The molecule has 0 heterocycles. The molecule has 0 saturated carbocycles. The van der Waals surface area contributed by atoms with E-state index in [4.69, 9.17) is 0 Å². The Balaban J connectivity index is 2.26. The monoisotopic (exact) mass is 261 g/mol. The first-order chi connectivity index (χ1) is 9.76. The zero-order chi connectivity index (χ0) is 14.4. The maximum Gasteiger partial charge on any atom is 0.0408 e. The first-order valence-corrected chi connectivity index (χ1v) is 6.60. The number of anilines is 1. The third kappa shape index (κ3) is 3.07. The standard InChI is InChI=1S/C19H19N/c1-4-9-18(5-2)20(3)19-14-12-17(13-15-19)16-10-7-6-8-11-16/h4-15H,1-2H2,3H3/b18-9+. The minimum Gasteiger partial charge on any atom is -0.345 e. The summed E-state index contributed by atoms with van der Waals surface area (Å²) >= 11 is 0. The predicted octanol–water partition coefficient (Wildman–Crippen LogP) is 5.05. The fourth-order valence-electron chi connectivity index (χ4n) is 2.09. The maximum atomic E-state index is 3.83. The summed E-state index contributed by atoms with van der Waals surface area (Å²) < 4.78 is 0. The molecular formula is C19H19N. The van der Waals surface area contributed by atoms with Gasteiger partial charge in [0, 0.05) is 18.4 Å². The average molecular weight is 261 g/mol. The highest BCUT2D eigenvalue weighted by Gasteiger charge is 2.04. The van der Waals surface area contributed by atoms with E-state index in [2.05, 4.69) is 66.6 Å². The normalized spacial score (nSPS) is 10.9.